The number of allylic oxidation sites excluding steroid dienone is 4. The third kappa shape index (κ3) is 3.03. The Hall–Kier alpha value is -1.41. The zero-order chi connectivity index (χ0) is 10.3. The minimum atomic E-state index is 1.14. The highest BCUT2D eigenvalue weighted by Gasteiger charge is 2.00. The molecule has 0 saturated heterocycles. The molecule has 1 aliphatic carbocycles. The predicted molar refractivity (Wildman–Crippen MR) is 67.4 cm³/mol. The van der Waals surface area contributed by atoms with Crippen molar-refractivity contribution in [3.8, 4) is 0 Å². The number of benzene rings is 1. The van der Waals surface area contributed by atoms with Gasteiger partial charge in [0.05, 0.1) is 0 Å². The molecule has 0 fully saturated rings. The van der Waals surface area contributed by atoms with Crippen LogP contribution in [0.5, 0.6) is 0 Å². The first-order chi connectivity index (χ1) is 7.47. The van der Waals surface area contributed by atoms with Gasteiger partial charge in [-0.15, -0.1) is 0 Å². The fraction of sp³-hybridized carbons (Fsp3) is 0.0769. The Balaban J connectivity index is 0.000000144. The topological polar surface area (TPSA) is 12.0 Å². The number of rotatable bonds is 0. The molecule has 1 heterocycles. The van der Waals surface area contributed by atoms with Crippen LogP contribution in [0.15, 0.2) is 59.7 Å². The lowest BCUT2D eigenvalue weighted by Gasteiger charge is -2.08. The Labute approximate surface area is 94.7 Å². The number of fused-ring (bicyclic) bond motifs is 1. The molecule has 15 heavy (non-hydrogen) atoms. The summed E-state index contributed by atoms with van der Waals surface area (Å²) in [5.74, 6) is 0. The van der Waals surface area contributed by atoms with E-state index in [1.165, 1.54) is 10.5 Å². The summed E-state index contributed by atoms with van der Waals surface area (Å²) >= 11 is 1.65. The second-order valence-electron chi connectivity index (χ2n) is 3.18. The number of hydrogen-bond acceptors (Lipinski definition) is 2. The Morgan fingerprint density at radius 1 is 1.07 bits per heavy atom. The molecule has 0 radical (unpaired) electrons. The molecule has 1 N–H and O–H groups in total. The highest BCUT2D eigenvalue weighted by molar-refractivity contribution is 7.97. The largest absolute Gasteiger partial charge is 0.332 e. The second-order valence-corrected chi connectivity index (χ2v) is 4.06. The van der Waals surface area contributed by atoms with E-state index in [0.717, 1.165) is 6.42 Å². The Bertz CT molecular complexity index is 395. The van der Waals surface area contributed by atoms with Crippen LogP contribution in [0.4, 0.5) is 0 Å². The van der Waals surface area contributed by atoms with Gasteiger partial charge in [-0.1, -0.05) is 42.5 Å². The summed E-state index contributed by atoms with van der Waals surface area (Å²) in [6.45, 7) is 0. The van der Waals surface area contributed by atoms with Gasteiger partial charge in [-0.25, -0.2) is 0 Å². The smallest absolute Gasteiger partial charge is 0.0357 e. The molecule has 76 valence electrons. The van der Waals surface area contributed by atoms with Crippen LogP contribution < -0.4 is 4.72 Å². The van der Waals surface area contributed by atoms with Gasteiger partial charge in [0.2, 0.25) is 0 Å². The second kappa shape index (κ2) is 5.47. The molecule has 1 nitrogen and oxygen atoms in total. The van der Waals surface area contributed by atoms with E-state index in [9.17, 15) is 0 Å². The fourth-order valence-electron chi connectivity index (χ4n) is 1.33. The van der Waals surface area contributed by atoms with Crippen LogP contribution in [-0.4, -0.2) is 0 Å². The average Bonchev–Trinajstić information content (AvgIpc) is 2.88. The van der Waals surface area contributed by atoms with Crippen molar-refractivity contribution in [1.29, 1.82) is 0 Å². The Morgan fingerprint density at radius 3 is 2.53 bits per heavy atom. The SMILES string of the molecule is C1=CCC=C1.C1=Cc2ccccc2SN1. The zero-order valence-electron chi connectivity index (χ0n) is 8.39. The summed E-state index contributed by atoms with van der Waals surface area (Å²) in [7, 11) is 0. The first-order valence-corrected chi connectivity index (χ1v) is 5.78. The van der Waals surface area contributed by atoms with Gasteiger partial charge in [0.1, 0.15) is 0 Å². The number of nitrogens with one attached hydrogen (secondary N) is 1. The molecule has 1 aliphatic heterocycles. The van der Waals surface area contributed by atoms with Crippen LogP contribution in [0.1, 0.15) is 12.0 Å². The van der Waals surface area contributed by atoms with Crippen LogP contribution >= 0.6 is 11.9 Å². The summed E-state index contributed by atoms with van der Waals surface area (Å²) in [4.78, 5) is 1.30. The predicted octanol–water partition coefficient (Wildman–Crippen LogP) is 3.77. The van der Waals surface area contributed by atoms with E-state index in [-0.39, 0.29) is 0 Å². The van der Waals surface area contributed by atoms with Gasteiger partial charge in [0.25, 0.3) is 0 Å². The molecule has 0 spiro atoms. The van der Waals surface area contributed by atoms with E-state index in [2.05, 4.69) is 53.3 Å². The van der Waals surface area contributed by atoms with E-state index < -0.39 is 0 Å². The van der Waals surface area contributed by atoms with Gasteiger partial charge in [-0.2, -0.15) is 0 Å². The van der Waals surface area contributed by atoms with Crippen LogP contribution in [0.25, 0.3) is 6.08 Å². The summed E-state index contributed by atoms with van der Waals surface area (Å²) in [6, 6.07) is 8.32. The van der Waals surface area contributed by atoms with Crippen molar-refractivity contribution in [3.63, 3.8) is 0 Å². The van der Waals surface area contributed by atoms with Gasteiger partial charge < -0.3 is 4.72 Å². The van der Waals surface area contributed by atoms with Crippen molar-refractivity contribution < 1.29 is 0 Å². The van der Waals surface area contributed by atoms with Crippen LogP contribution in [0.3, 0.4) is 0 Å². The van der Waals surface area contributed by atoms with E-state index in [0.29, 0.717) is 0 Å². The van der Waals surface area contributed by atoms with E-state index in [1.807, 2.05) is 12.3 Å². The van der Waals surface area contributed by atoms with Crippen molar-refractivity contribution in [2.24, 2.45) is 0 Å². The molecular formula is C13H13NS. The first kappa shape index (κ1) is 10.1. The molecule has 0 unspecified atom stereocenters. The summed E-state index contributed by atoms with van der Waals surface area (Å²) in [6.07, 6.45) is 13.5. The molecule has 0 aromatic heterocycles. The first-order valence-electron chi connectivity index (χ1n) is 4.96. The molecule has 1 aromatic rings. The van der Waals surface area contributed by atoms with E-state index >= 15 is 0 Å². The monoisotopic (exact) mass is 215 g/mol. The van der Waals surface area contributed by atoms with E-state index in [4.69, 9.17) is 0 Å². The quantitative estimate of drug-likeness (QED) is 0.661. The molecular weight excluding hydrogens is 202 g/mol. The molecule has 2 aliphatic rings. The standard InChI is InChI=1S/C8H7NS.C5H6/c1-2-4-8-7(3-1)5-6-9-10-8;1-2-4-5-3-1/h1-6,9H;1-4H,5H2. The lowest BCUT2D eigenvalue weighted by Crippen LogP contribution is -1.96. The van der Waals surface area contributed by atoms with E-state index in [1.54, 1.807) is 11.9 Å². The van der Waals surface area contributed by atoms with Gasteiger partial charge >= 0.3 is 0 Å². The molecule has 0 amide bonds. The van der Waals surface area contributed by atoms with Crippen LogP contribution in [-0.2, 0) is 0 Å². The summed E-state index contributed by atoms with van der Waals surface area (Å²) in [5, 5.41) is 0. The van der Waals surface area contributed by atoms with Crippen molar-refractivity contribution in [2.45, 2.75) is 11.3 Å². The Morgan fingerprint density at radius 2 is 1.87 bits per heavy atom. The normalized spacial score (nSPS) is 15.2. The Kier molecular flexibility index (Phi) is 3.69. The molecule has 3 rings (SSSR count). The third-order valence-corrected chi connectivity index (χ3v) is 2.92. The van der Waals surface area contributed by atoms with Crippen molar-refractivity contribution in [3.05, 3.63) is 60.3 Å². The molecule has 0 saturated carbocycles. The highest BCUT2D eigenvalue weighted by atomic mass is 32.2. The van der Waals surface area contributed by atoms with Gasteiger partial charge in [-0.3, -0.25) is 0 Å². The molecule has 0 atom stereocenters. The van der Waals surface area contributed by atoms with Crippen molar-refractivity contribution in [2.75, 3.05) is 0 Å². The van der Waals surface area contributed by atoms with Crippen molar-refractivity contribution >= 4 is 18.0 Å². The van der Waals surface area contributed by atoms with Crippen molar-refractivity contribution in [1.82, 2.24) is 4.72 Å². The highest BCUT2D eigenvalue weighted by Crippen LogP contribution is 2.23. The fourth-order valence-corrected chi connectivity index (χ4v) is 1.99. The van der Waals surface area contributed by atoms with Gasteiger partial charge in [0, 0.05) is 11.1 Å². The maximum atomic E-state index is 3.08. The van der Waals surface area contributed by atoms with Crippen LogP contribution in [0.2, 0.25) is 0 Å². The average molecular weight is 215 g/mol. The lowest BCUT2D eigenvalue weighted by atomic mass is 10.2. The third-order valence-electron chi connectivity index (χ3n) is 2.07. The summed E-state index contributed by atoms with van der Waals surface area (Å²) in [5.41, 5.74) is 1.30. The maximum Gasteiger partial charge on any atom is 0.0357 e. The van der Waals surface area contributed by atoms with Crippen LogP contribution in [0, 0.1) is 0 Å². The molecule has 1 aromatic carbocycles. The molecule has 0 bridgehead atoms. The van der Waals surface area contributed by atoms with Gasteiger partial charge in [-0.05, 0) is 36.1 Å². The maximum absolute atomic E-state index is 3.08. The van der Waals surface area contributed by atoms with Gasteiger partial charge in [0.15, 0.2) is 0 Å². The summed E-state index contributed by atoms with van der Waals surface area (Å²) < 4.78 is 3.08. The molecule has 2 heteroatoms. The minimum absolute atomic E-state index is 1.14. The minimum Gasteiger partial charge on any atom is -0.332 e. The lowest BCUT2D eigenvalue weighted by molar-refractivity contribution is 1.32. The zero-order valence-corrected chi connectivity index (χ0v) is 9.21. The number of hydrogen-bond donors (Lipinski definition) is 1.